The molecule has 6 heteroatoms. The summed E-state index contributed by atoms with van der Waals surface area (Å²) >= 11 is 0. The molecule has 0 atom stereocenters. The van der Waals surface area contributed by atoms with Crippen LogP contribution in [0.15, 0.2) is 0 Å². The first-order chi connectivity index (χ1) is 6.66. The van der Waals surface area contributed by atoms with Gasteiger partial charge in [-0.25, -0.2) is 0 Å². The summed E-state index contributed by atoms with van der Waals surface area (Å²) in [6.07, 6.45) is 4.20. The van der Waals surface area contributed by atoms with Crippen LogP contribution in [0.3, 0.4) is 0 Å². The van der Waals surface area contributed by atoms with Crippen molar-refractivity contribution in [2.45, 2.75) is 32.1 Å². The van der Waals surface area contributed by atoms with Gasteiger partial charge in [-0.3, -0.25) is 14.9 Å². The maximum Gasteiger partial charge on any atom is 0.647 e. The molecular formula is C8H11N3O3. The van der Waals surface area contributed by atoms with Gasteiger partial charge in [0.2, 0.25) is 0 Å². The highest BCUT2D eigenvalue weighted by atomic mass is 16.6. The Kier molecular flexibility index (Phi) is 3.48. The molecule has 0 radical (unpaired) electrons. The fourth-order valence-corrected chi connectivity index (χ4v) is 1.72. The van der Waals surface area contributed by atoms with E-state index in [-0.39, 0.29) is 5.92 Å². The summed E-state index contributed by atoms with van der Waals surface area (Å²) in [5.74, 6) is -1.91. The molecule has 76 valence electrons. The zero-order valence-electron chi connectivity index (χ0n) is 7.68. The Morgan fingerprint density at radius 1 is 1.36 bits per heavy atom. The molecule has 0 N–H and O–H groups in total. The minimum absolute atomic E-state index is 0.333. The standard InChI is InChI=1S/C8H11N3O3/c9-10-8(11(13)14)7(12)6-4-2-1-3-5-6/h6H,1-5H2. The van der Waals surface area contributed by atoms with E-state index in [4.69, 9.17) is 5.53 Å². The number of nitrogens with zero attached hydrogens (tertiary/aromatic N) is 3. The highest BCUT2D eigenvalue weighted by Gasteiger charge is 2.40. The van der Waals surface area contributed by atoms with Crippen molar-refractivity contribution < 1.29 is 14.5 Å². The van der Waals surface area contributed by atoms with Gasteiger partial charge in [0.05, 0.1) is 0 Å². The quantitative estimate of drug-likeness (QED) is 0.165. The molecule has 1 fully saturated rings. The van der Waals surface area contributed by atoms with Crippen LogP contribution in [0.5, 0.6) is 0 Å². The second kappa shape index (κ2) is 4.62. The van der Waals surface area contributed by atoms with Crippen LogP contribution in [0.4, 0.5) is 0 Å². The molecule has 0 heterocycles. The summed E-state index contributed by atoms with van der Waals surface area (Å²) in [6, 6.07) is 0. The van der Waals surface area contributed by atoms with Crippen LogP contribution in [0.1, 0.15) is 32.1 Å². The average molecular weight is 197 g/mol. The molecule has 0 aliphatic heterocycles. The van der Waals surface area contributed by atoms with Crippen LogP contribution in [0.2, 0.25) is 0 Å². The number of carbonyl (C=O) groups excluding carboxylic acids is 1. The summed E-state index contributed by atoms with van der Waals surface area (Å²) in [6.45, 7) is 0. The van der Waals surface area contributed by atoms with Crippen LogP contribution in [-0.2, 0) is 4.79 Å². The van der Waals surface area contributed by atoms with Crippen LogP contribution >= 0.6 is 0 Å². The van der Waals surface area contributed by atoms with Crippen LogP contribution in [-0.4, -0.2) is 21.3 Å². The monoisotopic (exact) mass is 197 g/mol. The van der Waals surface area contributed by atoms with Crippen molar-refractivity contribution in [3.05, 3.63) is 15.6 Å². The lowest BCUT2D eigenvalue weighted by atomic mass is 9.86. The zero-order valence-corrected chi connectivity index (χ0v) is 7.68. The van der Waals surface area contributed by atoms with Crippen LogP contribution in [0.25, 0.3) is 5.53 Å². The Morgan fingerprint density at radius 3 is 2.36 bits per heavy atom. The fourth-order valence-electron chi connectivity index (χ4n) is 1.72. The topological polar surface area (TPSA) is 96.6 Å². The lowest BCUT2D eigenvalue weighted by Gasteiger charge is -2.16. The molecule has 6 nitrogen and oxygen atoms in total. The molecule has 0 unspecified atom stereocenters. The van der Waals surface area contributed by atoms with Crippen molar-refractivity contribution in [2.24, 2.45) is 5.92 Å². The van der Waals surface area contributed by atoms with E-state index < -0.39 is 16.5 Å². The molecule has 0 aromatic rings. The molecule has 0 saturated heterocycles. The van der Waals surface area contributed by atoms with E-state index in [0.717, 1.165) is 19.3 Å². The smallest absolute Gasteiger partial charge is 0.354 e. The first kappa shape index (κ1) is 10.5. The molecule has 0 amide bonds. The number of rotatable bonds is 2. The number of ketones is 1. The maximum atomic E-state index is 11.4. The third-order valence-electron chi connectivity index (χ3n) is 2.46. The Morgan fingerprint density at radius 2 is 1.93 bits per heavy atom. The van der Waals surface area contributed by atoms with Gasteiger partial charge in [-0.2, -0.15) is 0 Å². The third-order valence-corrected chi connectivity index (χ3v) is 2.46. The Hall–Kier alpha value is -1.55. The summed E-state index contributed by atoms with van der Waals surface area (Å²) in [7, 11) is 0. The van der Waals surface area contributed by atoms with Gasteiger partial charge in [0.1, 0.15) is 4.92 Å². The van der Waals surface area contributed by atoms with Gasteiger partial charge in [0, 0.05) is 5.92 Å². The van der Waals surface area contributed by atoms with Crippen molar-refractivity contribution >= 4 is 11.6 Å². The zero-order chi connectivity index (χ0) is 10.6. The number of hydrogen-bond acceptors (Lipinski definition) is 3. The van der Waals surface area contributed by atoms with E-state index in [0.29, 0.717) is 12.8 Å². The van der Waals surface area contributed by atoms with Gasteiger partial charge >= 0.3 is 11.6 Å². The molecular weight excluding hydrogens is 186 g/mol. The van der Waals surface area contributed by atoms with Crippen molar-refractivity contribution in [1.82, 2.24) is 0 Å². The van der Waals surface area contributed by atoms with Crippen molar-refractivity contribution in [2.75, 3.05) is 0 Å². The molecule has 1 aliphatic carbocycles. The van der Waals surface area contributed by atoms with Crippen molar-refractivity contribution in [3.8, 4) is 0 Å². The van der Waals surface area contributed by atoms with Crippen molar-refractivity contribution in [3.63, 3.8) is 0 Å². The minimum atomic E-state index is -0.934. The fraction of sp³-hybridized carbons (Fsp3) is 0.750. The van der Waals surface area contributed by atoms with E-state index >= 15 is 0 Å². The lowest BCUT2D eigenvalue weighted by Crippen LogP contribution is -2.31. The molecule has 1 rings (SSSR count). The molecule has 14 heavy (non-hydrogen) atoms. The van der Waals surface area contributed by atoms with Gasteiger partial charge in [0.15, 0.2) is 0 Å². The number of nitro groups is 1. The molecule has 1 aliphatic rings. The maximum absolute atomic E-state index is 11.4. The SMILES string of the molecule is [N-]=[N+]=C(C(=O)C1CCCCC1)[N+](=O)[O-]. The van der Waals surface area contributed by atoms with Gasteiger partial charge in [-0.15, -0.1) is 0 Å². The number of carbonyl (C=O) groups is 1. The molecule has 0 bridgehead atoms. The minimum Gasteiger partial charge on any atom is -0.354 e. The number of Topliss-reactive ketones (excluding diaryl/α,β-unsaturated/α-hetero) is 1. The highest BCUT2D eigenvalue weighted by Crippen LogP contribution is 2.24. The van der Waals surface area contributed by atoms with Gasteiger partial charge < -0.3 is 5.53 Å². The third kappa shape index (κ3) is 2.23. The summed E-state index contributed by atoms with van der Waals surface area (Å²) in [5, 5.41) is 10.3. The predicted molar refractivity (Wildman–Crippen MR) is 47.2 cm³/mol. The second-order valence-electron chi connectivity index (χ2n) is 3.38. The average Bonchev–Trinajstić information content (AvgIpc) is 2.19. The summed E-state index contributed by atoms with van der Waals surface area (Å²) in [4.78, 5) is 23.2. The molecule has 0 aromatic carbocycles. The van der Waals surface area contributed by atoms with E-state index in [9.17, 15) is 14.9 Å². The van der Waals surface area contributed by atoms with Gasteiger partial charge in [-0.1, -0.05) is 24.1 Å². The Balaban J connectivity index is 2.72. The largest absolute Gasteiger partial charge is 0.647 e. The predicted octanol–water partition coefficient (Wildman–Crippen LogP) is 1.04. The Labute approximate surface area is 80.7 Å². The van der Waals surface area contributed by atoms with E-state index in [2.05, 4.69) is 4.79 Å². The number of hydrogen-bond donors (Lipinski definition) is 0. The highest BCUT2D eigenvalue weighted by molar-refractivity contribution is 6.33. The van der Waals surface area contributed by atoms with Gasteiger partial charge in [-0.05, 0) is 12.8 Å². The number of amidine groups is 1. The molecule has 0 spiro atoms. The normalized spacial score (nSPS) is 17.1. The van der Waals surface area contributed by atoms with Crippen LogP contribution < -0.4 is 0 Å². The van der Waals surface area contributed by atoms with Crippen LogP contribution in [0, 0.1) is 16.0 Å². The lowest BCUT2D eigenvalue weighted by molar-refractivity contribution is -0.382. The Bertz CT molecular complexity index is 301. The summed E-state index contributed by atoms with van der Waals surface area (Å²) in [5.41, 5.74) is 8.32. The first-order valence-corrected chi connectivity index (χ1v) is 4.57. The molecule has 0 aromatic heterocycles. The first-order valence-electron chi connectivity index (χ1n) is 4.57. The van der Waals surface area contributed by atoms with Crippen molar-refractivity contribution in [1.29, 1.82) is 0 Å². The van der Waals surface area contributed by atoms with Gasteiger partial charge in [0.25, 0.3) is 0 Å². The van der Waals surface area contributed by atoms with E-state index in [1.807, 2.05) is 0 Å². The second-order valence-corrected chi connectivity index (χ2v) is 3.38. The van der Waals surface area contributed by atoms with E-state index in [1.165, 1.54) is 0 Å². The summed E-state index contributed by atoms with van der Waals surface area (Å²) < 4.78 is 0. The molecule has 1 saturated carbocycles. The van der Waals surface area contributed by atoms with E-state index in [1.54, 1.807) is 0 Å².